The maximum atomic E-state index is 14.4. The summed E-state index contributed by atoms with van der Waals surface area (Å²) in [7, 11) is 3.60. The van der Waals surface area contributed by atoms with Gasteiger partial charge in [0.05, 0.1) is 36.9 Å². The number of aliphatic imine (C=N–C) groups is 2. The van der Waals surface area contributed by atoms with Crippen LogP contribution in [0.1, 0.15) is 58.0 Å². The van der Waals surface area contributed by atoms with Crippen molar-refractivity contribution in [2.75, 3.05) is 41.1 Å². The number of aromatic nitrogens is 5. The molecule has 7 heterocycles. The summed E-state index contributed by atoms with van der Waals surface area (Å²) in [6.45, 7) is 3.61. The number of para-hydroxylation sites is 1. The molecule has 5 aromatic carbocycles. The van der Waals surface area contributed by atoms with Crippen LogP contribution in [0.5, 0.6) is 0 Å². The molecule has 4 aliphatic heterocycles. The van der Waals surface area contributed by atoms with Crippen LogP contribution in [0.2, 0.25) is 0 Å². The normalized spacial score (nSPS) is 18.6. The van der Waals surface area contributed by atoms with E-state index >= 15 is 0 Å². The Morgan fingerprint density at radius 3 is 1.88 bits per heavy atom. The summed E-state index contributed by atoms with van der Waals surface area (Å²) in [6, 6.07) is 50.0. The number of amides is 2. The first kappa shape index (κ1) is 43.2. The summed E-state index contributed by atoms with van der Waals surface area (Å²) in [5.74, 6) is 3.63. The summed E-state index contributed by atoms with van der Waals surface area (Å²) in [6.07, 6.45) is 4.92. The van der Waals surface area contributed by atoms with Gasteiger partial charge in [-0.1, -0.05) is 103 Å². The molecule has 2 amide bonds. The van der Waals surface area contributed by atoms with E-state index in [1.54, 1.807) is 23.0 Å². The molecule has 1 saturated carbocycles. The van der Waals surface area contributed by atoms with E-state index in [0.717, 1.165) is 75.3 Å². The maximum absolute atomic E-state index is 14.4. The van der Waals surface area contributed by atoms with E-state index in [2.05, 4.69) is 112 Å². The predicted octanol–water partition coefficient (Wildman–Crippen LogP) is 9.89. The summed E-state index contributed by atoms with van der Waals surface area (Å²) < 4.78 is 3.83. The van der Waals surface area contributed by atoms with Gasteiger partial charge in [-0.2, -0.15) is 10.2 Å². The van der Waals surface area contributed by atoms with Crippen LogP contribution >= 0.6 is 0 Å². The Labute approximate surface area is 416 Å². The van der Waals surface area contributed by atoms with Gasteiger partial charge >= 0.3 is 0 Å². The van der Waals surface area contributed by atoms with E-state index in [4.69, 9.17) is 20.2 Å². The lowest BCUT2D eigenvalue weighted by Gasteiger charge is -2.34. The van der Waals surface area contributed by atoms with Crippen molar-refractivity contribution in [1.29, 1.82) is 0 Å². The molecule has 0 spiro atoms. The number of hydrogen-bond donors (Lipinski definition) is 2. The molecule has 15 nitrogen and oxygen atoms in total. The van der Waals surface area contributed by atoms with Gasteiger partial charge in [-0.15, -0.1) is 0 Å². The molecule has 0 saturated heterocycles. The molecule has 356 valence electrons. The molecule has 0 bridgehead atoms. The monoisotopic (exact) mass is 949 g/mol. The van der Waals surface area contributed by atoms with Crippen molar-refractivity contribution >= 4 is 58.4 Å². The second-order valence-corrected chi connectivity index (χ2v) is 19.3. The first-order valence-electron chi connectivity index (χ1n) is 24.6. The van der Waals surface area contributed by atoms with E-state index < -0.39 is 0 Å². The molecule has 0 unspecified atom stereocenters. The zero-order chi connectivity index (χ0) is 48.6. The number of pyridine rings is 1. The Hall–Kier alpha value is -8.85. The predicted molar refractivity (Wildman–Crippen MR) is 282 cm³/mol. The third-order valence-electron chi connectivity index (χ3n) is 14.5. The molecule has 1 fully saturated rings. The standard InChI is InChI=1S/C57H51N13O2/c1-35-32-67-52-48(54(71)65(2)56(67)59-35)50(60-43-15-5-4-6-16-43)68(63-52)33-36-21-25-38(26-22-36)40-12-9-13-41(30-40)42-14-10-17-44(31-42)61-51-49-53(70-47-20-11-19-46(47)62-57(70)66(3)55(49)72)64-69(51)34-37-23-27-39(28-24-37)45-18-7-8-29-58-45/h4-10,12-18,21-31,35,46-47,60-61H,11,19-20,32-34H2,1-3H3/t35-,46-,47+/m1/s1. The van der Waals surface area contributed by atoms with Gasteiger partial charge in [-0.3, -0.25) is 34.2 Å². The van der Waals surface area contributed by atoms with Crippen molar-refractivity contribution in [3.63, 3.8) is 0 Å². The number of fused-ring (bicyclic) bond motifs is 8. The van der Waals surface area contributed by atoms with Gasteiger partial charge < -0.3 is 10.6 Å². The average Bonchev–Trinajstić information content (AvgIpc) is 4.26. The maximum Gasteiger partial charge on any atom is 0.267 e. The molecule has 13 rings (SSSR count). The summed E-state index contributed by atoms with van der Waals surface area (Å²) in [5.41, 5.74) is 11.0. The lowest BCUT2D eigenvalue weighted by atomic mass is 9.98. The number of anilines is 6. The minimum Gasteiger partial charge on any atom is -0.340 e. The summed E-state index contributed by atoms with van der Waals surface area (Å²) in [4.78, 5) is 50.2. The Morgan fingerprint density at radius 1 is 0.569 bits per heavy atom. The molecular weight excluding hydrogens is 899 g/mol. The number of carbonyl (C=O) groups is 2. The minimum absolute atomic E-state index is 0.0486. The van der Waals surface area contributed by atoms with Crippen LogP contribution in [0.4, 0.5) is 34.6 Å². The highest BCUT2D eigenvalue weighted by Gasteiger charge is 2.49. The van der Waals surface area contributed by atoms with Crippen LogP contribution in [0, 0.1) is 0 Å². The van der Waals surface area contributed by atoms with Crippen molar-refractivity contribution < 1.29 is 9.59 Å². The van der Waals surface area contributed by atoms with Crippen LogP contribution in [0.3, 0.4) is 0 Å². The fourth-order valence-electron chi connectivity index (χ4n) is 10.9. The number of carbonyl (C=O) groups excluding carboxylic acids is 2. The van der Waals surface area contributed by atoms with Gasteiger partial charge in [0, 0.05) is 43.8 Å². The zero-order valence-electron chi connectivity index (χ0n) is 40.1. The Kier molecular flexibility index (Phi) is 10.3. The van der Waals surface area contributed by atoms with Crippen molar-refractivity contribution in [1.82, 2.24) is 34.3 Å². The highest BCUT2D eigenvalue weighted by molar-refractivity contribution is 6.22. The number of guanidine groups is 2. The molecule has 72 heavy (non-hydrogen) atoms. The van der Waals surface area contributed by atoms with E-state index in [-0.39, 0.29) is 29.9 Å². The molecule has 1 aliphatic carbocycles. The van der Waals surface area contributed by atoms with Gasteiger partial charge in [-0.25, -0.2) is 19.3 Å². The molecule has 5 aliphatic rings. The third kappa shape index (κ3) is 7.38. The fraction of sp³-hybridized carbons (Fsp3) is 0.211. The number of hydrogen-bond acceptors (Lipinski definition) is 11. The SMILES string of the molecule is C[C@@H]1CN2C(=N1)N(C)C(=O)c1c2nn(Cc2ccc(-c3cccc(-c4cccc(Nc5c6c(nn5Cc5ccc(-c7ccccn7)cc5)N5C(=N[C@@H]7CCC[C@@H]75)N(C)C6=O)c4)c3)cc2)c1Nc1ccccc1. The van der Waals surface area contributed by atoms with Crippen LogP contribution < -0.4 is 20.4 Å². The highest BCUT2D eigenvalue weighted by atomic mass is 16.2. The second kappa shape index (κ2) is 17.2. The molecule has 3 atom stereocenters. The Morgan fingerprint density at radius 2 is 1.17 bits per heavy atom. The fourth-order valence-corrected chi connectivity index (χ4v) is 10.9. The minimum atomic E-state index is -0.138. The smallest absolute Gasteiger partial charge is 0.267 e. The first-order chi connectivity index (χ1) is 35.2. The molecule has 3 aromatic heterocycles. The zero-order valence-corrected chi connectivity index (χ0v) is 40.1. The molecule has 0 radical (unpaired) electrons. The summed E-state index contributed by atoms with van der Waals surface area (Å²) in [5, 5.41) is 17.5. The van der Waals surface area contributed by atoms with E-state index in [1.165, 1.54) is 0 Å². The Balaban J connectivity index is 0.788. The van der Waals surface area contributed by atoms with Crippen molar-refractivity contribution in [2.24, 2.45) is 9.98 Å². The van der Waals surface area contributed by atoms with Gasteiger partial charge in [-0.05, 0) is 102 Å². The number of rotatable bonds is 11. The van der Waals surface area contributed by atoms with Gasteiger partial charge in [0.1, 0.15) is 22.8 Å². The highest BCUT2D eigenvalue weighted by Crippen LogP contribution is 2.44. The van der Waals surface area contributed by atoms with Crippen molar-refractivity contribution in [3.8, 4) is 33.5 Å². The first-order valence-corrected chi connectivity index (χ1v) is 24.6. The number of nitrogens with one attached hydrogen (secondary N) is 2. The number of benzene rings is 5. The topological polar surface area (TPSA) is 144 Å². The number of nitrogens with zero attached hydrogens (tertiary/aromatic N) is 11. The lowest BCUT2D eigenvalue weighted by molar-refractivity contribution is 0.0858. The van der Waals surface area contributed by atoms with Crippen LogP contribution in [0.15, 0.2) is 162 Å². The van der Waals surface area contributed by atoms with Gasteiger partial charge in [0.2, 0.25) is 11.9 Å². The van der Waals surface area contributed by atoms with Gasteiger partial charge in [0.25, 0.3) is 11.8 Å². The molecule has 2 N–H and O–H groups in total. The lowest BCUT2D eigenvalue weighted by Crippen LogP contribution is -2.51. The molecule has 8 aromatic rings. The van der Waals surface area contributed by atoms with Crippen molar-refractivity contribution in [2.45, 2.75) is 57.4 Å². The Bertz CT molecular complexity index is 3490. The van der Waals surface area contributed by atoms with Crippen LogP contribution in [0.25, 0.3) is 33.5 Å². The van der Waals surface area contributed by atoms with E-state index in [1.807, 2.05) is 82.0 Å². The second-order valence-electron chi connectivity index (χ2n) is 19.3. The molecular formula is C57H51N13O2. The quantitative estimate of drug-likeness (QED) is 0.130. The summed E-state index contributed by atoms with van der Waals surface area (Å²) >= 11 is 0. The molecule has 15 heteroatoms. The van der Waals surface area contributed by atoms with Crippen molar-refractivity contribution in [3.05, 3.63) is 174 Å². The average molecular weight is 950 g/mol. The van der Waals surface area contributed by atoms with E-state index in [0.29, 0.717) is 66.0 Å². The van der Waals surface area contributed by atoms with Crippen LogP contribution in [-0.2, 0) is 13.1 Å². The third-order valence-corrected chi connectivity index (χ3v) is 14.5. The largest absolute Gasteiger partial charge is 0.340 e. The van der Waals surface area contributed by atoms with E-state index in [9.17, 15) is 9.59 Å². The van der Waals surface area contributed by atoms with Gasteiger partial charge in [0.15, 0.2) is 11.6 Å². The van der Waals surface area contributed by atoms with Crippen LogP contribution in [-0.4, -0.2) is 96.8 Å².